The Morgan fingerprint density at radius 3 is 2.42 bits per heavy atom. The van der Waals surface area contributed by atoms with Gasteiger partial charge < -0.3 is 15.0 Å². The molecule has 0 spiro atoms. The van der Waals surface area contributed by atoms with Crippen molar-refractivity contribution >= 4 is 50.7 Å². The number of rotatable bonds is 10. The van der Waals surface area contributed by atoms with Crippen molar-refractivity contribution in [3.63, 3.8) is 0 Å². The zero-order valence-electron chi connectivity index (χ0n) is 18.8. The monoisotopic (exact) mass is 515 g/mol. The van der Waals surface area contributed by atoms with Crippen molar-refractivity contribution in [2.45, 2.75) is 26.4 Å². The molecule has 0 fully saturated rings. The topological polar surface area (TPSA) is 96.0 Å². The molecule has 0 aliphatic rings. The molecule has 1 N–H and O–H groups in total. The third-order valence-electron chi connectivity index (χ3n) is 4.86. The number of amides is 2. The lowest BCUT2D eigenvalue weighted by Gasteiger charge is -2.31. The van der Waals surface area contributed by atoms with Crippen LogP contribution in [0.3, 0.4) is 0 Å². The van der Waals surface area contributed by atoms with Crippen molar-refractivity contribution in [2.24, 2.45) is 0 Å². The normalized spacial score (nSPS) is 12.1. The number of hydrogen-bond acceptors (Lipinski definition) is 5. The predicted molar refractivity (Wildman–Crippen MR) is 130 cm³/mol. The maximum Gasteiger partial charge on any atom is 0.244 e. The molecule has 8 nitrogen and oxygen atoms in total. The van der Waals surface area contributed by atoms with Gasteiger partial charge >= 0.3 is 0 Å². The van der Waals surface area contributed by atoms with Crippen LogP contribution in [0.4, 0.5) is 5.69 Å². The number of sulfonamides is 1. The maximum absolute atomic E-state index is 13.4. The molecule has 0 saturated heterocycles. The Bertz CT molecular complexity index is 1110. The first-order valence-corrected chi connectivity index (χ1v) is 12.7. The van der Waals surface area contributed by atoms with E-state index in [0.717, 1.165) is 10.6 Å². The minimum Gasteiger partial charge on any atom is -0.497 e. The first-order valence-electron chi connectivity index (χ1n) is 10.1. The number of likely N-dealkylation sites (N-methyl/N-ethyl adjacent to an activating group) is 1. The largest absolute Gasteiger partial charge is 0.497 e. The van der Waals surface area contributed by atoms with Crippen LogP contribution in [0.1, 0.15) is 19.4 Å². The molecule has 0 unspecified atom stereocenters. The molecule has 1 atom stereocenters. The summed E-state index contributed by atoms with van der Waals surface area (Å²) >= 11 is 12.1. The van der Waals surface area contributed by atoms with E-state index >= 15 is 0 Å². The van der Waals surface area contributed by atoms with E-state index in [-0.39, 0.29) is 23.2 Å². The van der Waals surface area contributed by atoms with Crippen molar-refractivity contribution in [3.8, 4) is 5.75 Å². The molecule has 2 aromatic carbocycles. The molecule has 0 aromatic heterocycles. The summed E-state index contributed by atoms with van der Waals surface area (Å²) in [6.07, 6.45) is 0.977. The van der Waals surface area contributed by atoms with Crippen molar-refractivity contribution in [2.75, 3.05) is 30.8 Å². The summed E-state index contributed by atoms with van der Waals surface area (Å²) in [6, 6.07) is 10.5. The van der Waals surface area contributed by atoms with E-state index in [2.05, 4.69) is 5.32 Å². The second-order valence-corrected chi connectivity index (χ2v) is 10.1. The fourth-order valence-electron chi connectivity index (χ4n) is 3.15. The minimum atomic E-state index is -3.88. The number of nitrogens with zero attached hydrogens (tertiary/aromatic N) is 2. The quantitative estimate of drug-likeness (QED) is 0.523. The Kier molecular flexibility index (Phi) is 9.39. The van der Waals surface area contributed by atoms with Gasteiger partial charge in [-0.05, 0) is 49.7 Å². The number of benzene rings is 2. The van der Waals surface area contributed by atoms with Crippen LogP contribution in [0.15, 0.2) is 42.5 Å². The maximum atomic E-state index is 13.4. The number of anilines is 1. The first kappa shape index (κ1) is 26.8. The summed E-state index contributed by atoms with van der Waals surface area (Å²) in [6.45, 7) is 3.27. The van der Waals surface area contributed by atoms with Crippen molar-refractivity contribution in [1.29, 1.82) is 0 Å². The van der Waals surface area contributed by atoms with Crippen LogP contribution in [0, 0.1) is 0 Å². The Balaban J connectivity index is 2.42. The second-order valence-electron chi connectivity index (χ2n) is 7.31. The Morgan fingerprint density at radius 2 is 1.85 bits per heavy atom. The van der Waals surface area contributed by atoms with Crippen LogP contribution < -0.4 is 14.4 Å². The SMILES string of the molecule is CCNC(=O)[C@@H](C)N(Cc1cccc(OC)c1)C(=O)CN(c1ccc(Cl)cc1Cl)S(C)(=O)=O. The molecule has 33 heavy (non-hydrogen) atoms. The number of nitrogens with one attached hydrogen (secondary N) is 1. The van der Waals surface area contributed by atoms with Gasteiger partial charge in [0.1, 0.15) is 18.3 Å². The highest BCUT2D eigenvalue weighted by Gasteiger charge is 2.30. The highest BCUT2D eigenvalue weighted by Crippen LogP contribution is 2.30. The van der Waals surface area contributed by atoms with Gasteiger partial charge in [-0.2, -0.15) is 0 Å². The number of carbonyl (C=O) groups is 2. The van der Waals surface area contributed by atoms with E-state index in [9.17, 15) is 18.0 Å². The van der Waals surface area contributed by atoms with Crippen LogP contribution >= 0.6 is 23.2 Å². The van der Waals surface area contributed by atoms with Crippen LogP contribution in [-0.2, 0) is 26.2 Å². The van der Waals surface area contributed by atoms with Gasteiger partial charge in [-0.25, -0.2) is 8.42 Å². The molecular weight excluding hydrogens is 489 g/mol. The zero-order valence-corrected chi connectivity index (χ0v) is 21.2. The number of ether oxygens (including phenoxy) is 1. The number of carbonyl (C=O) groups excluding carboxylic acids is 2. The van der Waals surface area contributed by atoms with Crippen molar-refractivity contribution < 1.29 is 22.7 Å². The Labute approximate surface area is 204 Å². The van der Waals surface area contributed by atoms with Gasteiger partial charge in [0, 0.05) is 18.1 Å². The van der Waals surface area contributed by atoms with E-state index in [1.807, 2.05) is 0 Å². The second kappa shape index (κ2) is 11.6. The molecule has 0 aliphatic carbocycles. The van der Waals surface area contributed by atoms with Gasteiger partial charge in [-0.3, -0.25) is 13.9 Å². The summed E-state index contributed by atoms with van der Waals surface area (Å²) < 4.78 is 31.2. The molecular formula is C22H27Cl2N3O5S. The van der Waals surface area contributed by atoms with Gasteiger partial charge in [-0.15, -0.1) is 0 Å². The molecule has 0 saturated carbocycles. The highest BCUT2D eigenvalue weighted by atomic mass is 35.5. The fraction of sp³-hybridized carbons (Fsp3) is 0.364. The summed E-state index contributed by atoms with van der Waals surface area (Å²) in [5.74, 6) is -0.339. The number of halogens is 2. The average molecular weight is 516 g/mol. The lowest BCUT2D eigenvalue weighted by Crippen LogP contribution is -2.51. The Morgan fingerprint density at radius 1 is 1.15 bits per heavy atom. The third-order valence-corrected chi connectivity index (χ3v) is 6.53. The third kappa shape index (κ3) is 7.25. The zero-order chi connectivity index (χ0) is 24.8. The van der Waals surface area contributed by atoms with Crippen molar-refractivity contribution in [1.82, 2.24) is 10.2 Å². The first-order chi connectivity index (χ1) is 15.5. The predicted octanol–water partition coefficient (Wildman–Crippen LogP) is 3.32. The molecule has 0 bridgehead atoms. The summed E-state index contributed by atoms with van der Waals surface area (Å²) in [7, 11) is -2.36. The standard InChI is InChI=1S/C22H27Cl2N3O5S/c1-5-25-22(29)15(2)26(13-16-7-6-8-18(11-16)32-3)21(28)14-27(33(4,30)31)20-10-9-17(23)12-19(20)24/h6-12,15H,5,13-14H2,1-4H3,(H,25,29)/t15-/m1/s1. The number of methoxy groups -OCH3 is 1. The average Bonchev–Trinajstić information content (AvgIpc) is 2.75. The van der Waals surface area contributed by atoms with Gasteiger partial charge in [0.15, 0.2) is 0 Å². The van der Waals surface area contributed by atoms with Gasteiger partial charge in [0.2, 0.25) is 21.8 Å². The lowest BCUT2D eigenvalue weighted by molar-refractivity contribution is -0.139. The molecule has 180 valence electrons. The molecule has 2 aromatic rings. The van der Waals surface area contributed by atoms with E-state index in [1.54, 1.807) is 38.1 Å². The van der Waals surface area contributed by atoms with E-state index in [4.69, 9.17) is 27.9 Å². The van der Waals surface area contributed by atoms with Crippen LogP contribution in [0.5, 0.6) is 5.75 Å². The number of hydrogen-bond donors (Lipinski definition) is 1. The molecule has 11 heteroatoms. The summed E-state index contributed by atoms with van der Waals surface area (Å²) in [4.78, 5) is 27.3. The van der Waals surface area contributed by atoms with E-state index < -0.39 is 28.5 Å². The molecule has 0 heterocycles. The minimum absolute atomic E-state index is 0.0697. The summed E-state index contributed by atoms with van der Waals surface area (Å²) in [5.41, 5.74) is 0.832. The smallest absolute Gasteiger partial charge is 0.244 e. The van der Waals surface area contributed by atoms with Gasteiger partial charge in [-0.1, -0.05) is 35.3 Å². The molecule has 2 amide bonds. The van der Waals surface area contributed by atoms with Crippen molar-refractivity contribution in [3.05, 3.63) is 58.1 Å². The lowest BCUT2D eigenvalue weighted by atomic mass is 10.1. The van der Waals surface area contributed by atoms with Gasteiger partial charge in [0.25, 0.3) is 0 Å². The van der Waals surface area contributed by atoms with E-state index in [0.29, 0.717) is 22.9 Å². The Hall–Kier alpha value is -2.49. The van der Waals surface area contributed by atoms with Crippen LogP contribution in [0.2, 0.25) is 10.0 Å². The summed E-state index contributed by atoms with van der Waals surface area (Å²) in [5, 5.41) is 3.10. The molecule has 0 radical (unpaired) electrons. The van der Waals surface area contributed by atoms with E-state index in [1.165, 1.54) is 30.2 Å². The highest BCUT2D eigenvalue weighted by molar-refractivity contribution is 7.92. The molecule has 2 rings (SSSR count). The van der Waals surface area contributed by atoms with Gasteiger partial charge in [0.05, 0.1) is 24.1 Å². The fourth-order valence-corrected chi connectivity index (χ4v) is 4.57. The van der Waals surface area contributed by atoms with Crippen LogP contribution in [-0.4, -0.2) is 57.6 Å². The van der Waals surface area contributed by atoms with Crippen LogP contribution in [0.25, 0.3) is 0 Å². The molecule has 0 aliphatic heterocycles.